The highest BCUT2D eigenvalue weighted by molar-refractivity contribution is 7.80. The SMILES string of the molecule is COc1cc2c(=O)n(CCC(N)=S)ccc2c(OC)c1OC. The quantitative estimate of drug-likeness (QED) is 0.816. The molecule has 0 saturated heterocycles. The molecule has 0 aliphatic heterocycles. The van der Waals surface area contributed by atoms with Gasteiger partial charge in [-0.15, -0.1) is 0 Å². The molecule has 0 amide bonds. The van der Waals surface area contributed by atoms with Crippen molar-refractivity contribution in [1.82, 2.24) is 4.57 Å². The number of aromatic nitrogens is 1. The van der Waals surface area contributed by atoms with E-state index >= 15 is 0 Å². The Morgan fingerprint density at radius 1 is 1.18 bits per heavy atom. The van der Waals surface area contributed by atoms with Crippen LogP contribution < -0.4 is 25.5 Å². The van der Waals surface area contributed by atoms with E-state index in [4.69, 9.17) is 32.2 Å². The van der Waals surface area contributed by atoms with Crippen LogP contribution in [0.2, 0.25) is 0 Å². The number of nitrogens with zero attached hydrogens (tertiary/aromatic N) is 1. The largest absolute Gasteiger partial charge is 0.493 e. The lowest BCUT2D eigenvalue weighted by molar-refractivity contribution is 0.327. The van der Waals surface area contributed by atoms with E-state index in [1.807, 2.05) is 0 Å². The van der Waals surface area contributed by atoms with Crippen LogP contribution in [0, 0.1) is 0 Å². The van der Waals surface area contributed by atoms with Crippen molar-refractivity contribution >= 4 is 28.0 Å². The first kappa shape index (κ1) is 16.1. The van der Waals surface area contributed by atoms with Gasteiger partial charge < -0.3 is 24.5 Å². The Morgan fingerprint density at radius 3 is 2.41 bits per heavy atom. The summed E-state index contributed by atoms with van der Waals surface area (Å²) in [5, 5.41) is 1.15. The van der Waals surface area contributed by atoms with Gasteiger partial charge in [0.15, 0.2) is 11.5 Å². The summed E-state index contributed by atoms with van der Waals surface area (Å²) < 4.78 is 17.6. The van der Waals surface area contributed by atoms with Crippen LogP contribution in [-0.4, -0.2) is 30.9 Å². The fourth-order valence-electron chi connectivity index (χ4n) is 2.31. The van der Waals surface area contributed by atoms with E-state index in [1.165, 1.54) is 21.3 Å². The Bertz CT molecular complexity index is 770. The second-order valence-electron chi connectivity index (χ2n) is 4.64. The van der Waals surface area contributed by atoms with Crippen LogP contribution in [0.4, 0.5) is 0 Å². The minimum absolute atomic E-state index is 0.159. The van der Waals surface area contributed by atoms with Gasteiger partial charge in [-0.25, -0.2) is 0 Å². The summed E-state index contributed by atoms with van der Waals surface area (Å²) in [6.07, 6.45) is 2.16. The van der Waals surface area contributed by atoms with Crippen LogP contribution in [0.25, 0.3) is 10.8 Å². The molecule has 118 valence electrons. The molecule has 0 radical (unpaired) electrons. The number of thiocarbonyl (C=S) groups is 1. The summed E-state index contributed by atoms with van der Waals surface area (Å²) in [4.78, 5) is 13.0. The Balaban J connectivity index is 2.69. The number of fused-ring (bicyclic) bond motifs is 1. The van der Waals surface area contributed by atoms with Gasteiger partial charge in [-0.05, 0) is 12.1 Å². The minimum atomic E-state index is -0.159. The highest BCUT2D eigenvalue weighted by Gasteiger charge is 2.18. The van der Waals surface area contributed by atoms with E-state index in [-0.39, 0.29) is 5.56 Å². The first-order valence-corrected chi connectivity index (χ1v) is 7.04. The Hall–Kier alpha value is -2.28. The fourth-order valence-corrected chi connectivity index (χ4v) is 2.41. The summed E-state index contributed by atoms with van der Waals surface area (Å²) in [5.74, 6) is 1.37. The molecule has 0 spiro atoms. The van der Waals surface area contributed by atoms with Gasteiger partial charge in [-0.2, -0.15) is 0 Å². The zero-order chi connectivity index (χ0) is 16.3. The Labute approximate surface area is 133 Å². The van der Waals surface area contributed by atoms with E-state index in [0.717, 1.165) is 0 Å². The van der Waals surface area contributed by atoms with Gasteiger partial charge in [0.2, 0.25) is 5.75 Å². The molecular formula is C15H18N2O4S. The zero-order valence-corrected chi connectivity index (χ0v) is 13.5. The number of rotatable bonds is 6. The predicted octanol–water partition coefficient (Wildman–Crippen LogP) is 1.70. The van der Waals surface area contributed by atoms with Crippen molar-refractivity contribution in [2.45, 2.75) is 13.0 Å². The summed E-state index contributed by atoms with van der Waals surface area (Å²) >= 11 is 4.85. The fraction of sp³-hybridized carbons (Fsp3) is 0.333. The molecule has 0 aliphatic carbocycles. The van der Waals surface area contributed by atoms with Gasteiger partial charge in [-0.3, -0.25) is 4.79 Å². The molecule has 2 aromatic rings. The first-order valence-electron chi connectivity index (χ1n) is 6.63. The monoisotopic (exact) mass is 322 g/mol. The summed E-state index contributed by atoms with van der Waals surface area (Å²) in [7, 11) is 4.56. The molecule has 22 heavy (non-hydrogen) atoms. The van der Waals surface area contributed by atoms with E-state index in [0.29, 0.717) is 46.0 Å². The highest BCUT2D eigenvalue weighted by atomic mass is 32.1. The molecule has 0 saturated carbocycles. The molecule has 1 heterocycles. The summed E-state index contributed by atoms with van der Waals surface area (Å²) in [6, 6.07) is 3.45. The highest BCUT2D eigenvalue weighted by Crippen LogP contribution is 2.42. The molecular weight excluding hydrogens is 304 g/mol. The van der Waals surface area contributed by atoms with E-state index in [1.54, 1.807) is 22.9 Å². The van der Waals surface area contributed by atoms with Gasteiger partial charge in [0.25, 0.3) is 5.56 Å². The topological polar surface area (TPSA) is 75.7 Å². The number of pyridine rings is 1. The number of hydrogen-bond donors (Lipinski definition) is 1. The van der Waals surface area contributed by atoms with Crippen molar-refractivity contribution in [3.05, 3.63) is 28.7 Å². The maximum Gasteiger partial charge on any atom is 0.258 e. The molecule has 1 aromatic heterocycles. The smallest absolute Gasteiger partial charge is 0.258 e. The number of benzene rings is 1. The average Bonchev–Trinajstić information content (AvgIpc) is 2.52. The number of ether oxygens (including phenoxy) is 3. The first-order chi connectivity index (χ1) is 10.5. The van der Waals surface area contributed by atoms with Gasteiger partial charge >= 0.3 is 0 Å². The van der Waals surface area contributed by atoms with Crippen LogP contribution >= 0.6 is 12.2 Å². The number of methoxy groups -OCH3 is 3. The molecule has 0 bridgehead atoms. The molecule has 0 fully saturated rings. The van der Waals surface area contributed by atoms with E-state index in [2.05, 4.69) is 0 Å². The molecule has 2 N–H and O–H groups in total. The molecule has 0 atom stereocenters. The van der Waals surface area contributed by atoms with E-state index in [9.17, 15) is 4.79 Å². The van der Waals surface area contributed by atoms with Crippen molar-refractivity contribution in [2.75, 3.05) is 21.3 Å². The van der Waals surface area contributed by atoms with Crippen LogP contribution in [-0.2, 0) is 6.54 Å². The number of nitrogens with two attached hydrogens (primary N) is 1. The minimum Gasteiger partial charge on any atom is -0.493 e. The Kier molecular flexibility index (Phi) is 4.87. The zero-order valence-electron chi connectivity index (χ0n) is 12.7. The van der Waals surface area contributed by atoms with Crippen LogP contribution in [0.3, 0.4) is 0 Å². The van der Waals surface area contributed by atoms with Crippen molar-refractivity contribution in [3.8, 4) is 17.2 Å². The molecule has 0 aliphatic rings. The standard InChI is InChI=1S/C15H18N2O4S/c1-19-11-8-10-9(13(20-2)14(11)21-3)4-6-17(15(10)18)7-5-12(16)22/h4,6,8H,5,7H2,1-3H3,(H2,16,22). The van der Waals surface area contributed by atoms with Gasteiger partial charge in [0.05, 0.1) is 31.7 Å². The summed E-state index contributed by atoms with van der Waals surface area (Å²) in [5.41, 5.74) is 5.33. The average molecular weight is 322 g/mol. The molecule has 1 aromatic carbocycles. The molecule has 7 heteroatoms. The maximum absolute atomic E-state index is 12.6. The van der Waals surface area contributed by atoms with Gasteiger partial charge in [0, 0.05) is 24.5 Å². The second kappa shape index (κ2) is 6.65. The van der Waals surface area contributed by atoms with Crippen molar-refractivity contribution in [1.29, 1.82) is 0 Å². The Morgan fingerprint density at radius 2 is 1.86 bits per heavy atom. The van der Waals surface area contributed by atoms with E-state index < -0.39 is 0 Å². The van der Waals surface area contributed by atoms with Gasteiger partial charge in [-0.1, -0.05) is 12.2 Å². The number of aryl methyl sites for hydroxylation is 1. The number of hydrogen-bond acceptors (Lipinski definition) is 5. The predicted molar refractivity (Wildman–Crippen MR) is 89.3 cm³/mol. The lowest BCUT2D eigenvalue weighted by Crippen LogP contribution is -2.22. The van der Waals surface area contributed by atoms with Crippen molar-refractivity contribution in [2.24, 2.45) is 5.73 Å². The maximum atomic E-state index is 12.6. The lowest BCUT2D eigenvalue weighted by atomic mass is 10.1. The second-order valence-corrected chi connectivity index (χ2v) is 5.16. The third-order valence-corrected chi connectivity index (χ3v) is 3.58. The van der Waals surface area contributed by atoms with Crippen LogP contribution in [0.15, 0.2) is 23.1 Å². The lowest BCUT2D eigenvalue weighted by Gasteiger charge is -2.15. The summed E-state index contributed by atoms with van der Waals surface area (Å²) in [6.45, 7) is 0.431. The third-order valence-electron chi connectivity index (χ3n) is 3.38. The van der Waals surface area contributed by atoms with Crippen molar-refractivity contribution in [3.63, 3.8) is 0 Å². The van der Waals surface area contributed by atoms with Gasteiger partial charge in [0.1, 0.15) is 0 Å². The molecule has 6 nitrogen and oxygen atoms in total. The molecule has 0 unspecified atom stereocenters. The van der Waals surface area contributed by atoms with Crippen LogP contribution in [0.1, 0.15) is 6.42 Å². The normalized spacial score (nSPS) is 10.5. The van der Waals surface area contributed by atoms with Crippen molar-refractivity contribution < 1.29 is 14.2 Å². The third kappa shape index (κ3) is 2.85. The molecule has 2 rings (SSSR count). The van der Waals surface area contributed by atoms with Crippen LogP contribution in [0.5, 0.6) is 17.2 Å².